The molecule has 0 saturated heterocycles. The fourth-order valence-corrected chi connectivity index (χ4v) is 4.02. The molecule has 0 aliphatic rings. The molecule has 0 radical (unpaired) electrons. The molecule has 4 rings (SSSR count). The summed E-state index contributed by atoms with van der Waals surface area (Å²) in [4.78, 5) is 25.6. The zero-order valence-electron chi connectivity index (χ0n) is 18.9. The topological polar surface area (TPSA) is 88.4 Å². The maximum atomic E-state index is 12.9. The maximum absolute atomic E-state index is 12.9. The Morgan fingerprint density at radius 1 is 0.917 bits per heavy atom. The predicted molar refractivity (Wildman–Crippen MR) is 141 cm³/mol. The summed E-state index contributed by atoms with van der Waals surface area (Å²) in [5, 5.41) is 14.3. The second kappa shape index (κ2) is 11.0. The standard InChI is InChI=1S/C28H18Cl2N2O4/c1-35-25-15-17(14-19(16-31)27(33)32-26-22(29)10-5-11-23(26)30)12-13-24(25)36-28(34)21-9-4-7-18-6-2-3-8-20(18)21/h2-15H,1H3,(H,32,33)/b19-14+. The number of nitrogens with one attached hydrogen (secondary N) is 1. The van der Waals surface area contributed by atoms with Gasteiger partial charge in [0.1, 0.15) is 11.6 Å². The van der Waals surface area contributed by atoms with Gasteiger partial charge in [-0.2, -0.15) is 5.26 Å². The molecule has 0 fully saturated rings. The molecular formula is C28H18Cl2N2O4. The van der Waals surface area contributed by atoms with Crippen molar-refractivity contribution >= 4 is 57.6 Å². The monoisotopic (exact) mass is 516 g/mol. The number of hydrogen-bond acceptors (Lipinski definition) is 5. The first kappa shape index (κ1) is 24.8. The van der Waals surface area contributed by atoms with E-state index in [1.54, 1.807) is 42.5 Å². The number of para-hydroxylation sites is 1. The number of methoxy groups -OCH3 is 1. The number of nitriles is 1. The Morgan fingerprint density at radius 3 is 2.33 bits per heavy atom. The van der Waals surface area contributed by atoms with Crippen LogP contribution in [0.15, 0.2) is 84.4 Å². The van der Waals surface area contributed by atoms with E-state index in [0.717, 1.165) is 10.8 Å². The Hall–Kier alpha value is -4.31. The summed E-state index contributed by atoms with van der Waals surface area (Å²) in [6.45, 7) is 0. The highest BCUT2D eigenvalue weighted by atomic mass is 35.5. The van der Waals surface area contributed by atoms with E-state index >= 15 is 0 Å². The van der Waals surface area contributed by atoms with Crippen LogP contribution in [-0.2, 0) is 4.79 Å². The number of halogens is 2. The second-order valence-corrected chi connectivity index (χ2v) is 8.36. The van der Waals surface area contributed by atoms with Gasteiger partial charge in [-0.15, -0.1) is 0 Å². The predicted octanol–water partition coefficient (Wildman–Crippen LogP) is 6.92. The molecule has 0 aliphatic carbocycles. The highest BCUT2D eigenvalue weighted by Crippen LogP contribution is 2.32. The second-order valence-electron chi connectivity index (χ2n) is 7.55. The van der Waals surface area contributed by atoms with Crippen LogP contribution in [0.3, 0.4) is 0 Å². The summed E-state index contributed by atoms with van der Waals surface area (Å²) >= 11 is 12.2. The molecule has 0 aliphatic heterocycles. The average Bonchev–Trinajstić information content (AvgIpc) is 2.89. The van der Waals surface area contributed by atoms with Crippen molar-refractivity contribution in [3.8, 4) is 17.6 Å². The largest absolute Gasteiger partial charge is 0.493 e. The third kappa shape index (κ3) is 5.33. The Labute approximate surface area is 217 Å². The fourth-order valence-electron chi connectivity index (χ4n) is 3.53. The molecule has 0 saturated carbocycles. The number of carbonyl (C=O) groups is 2. The van der Waals surface area contributed by atoms with Crippen LogP contribution in [0.5, 0.6) is 11.5 Å². The van der Waals surface area contributed by atoms with Gasteiger partial charge in [-0.3, -0.25) is 4.79 Å². The van der Waals surface area contributed by atoms with Gasteiger partial charge in [0.2, 0.25) is 0 Å². The molecule has 0 bridgehead atoms. The van der Waals surface area contributed by atoms with Gasteiger partial charge in [-0.25, -0.2) is 4.79 Å². The van der Waals surface area contributed by atoms with Crippen molar-refractivity contribution in [2.45, 2.75) is 0 Å². The lowest BCUT2D eigenvalue weighted by atomic mass is 10.0. The Bertz CT molecular complexity index is 1530. The third-order valence-electron chi connectivity index (χ3n) is 5.28. The molecule has 0 aromatic heterocycles. The molecule has 0 spiro atoms. The van der Waals surface area contributed by atoms with Crippen LogP contribution in [-0.4, -0.2) is 19.0 Å². The number of rotatable bonds is 6. The lowest BCUT2D eigenvalue weighted by Crippen LogP contribution is -2.14. The number of anilines is 1. The van der Waals surface area contributed by atoms with Crippen LogP contribution in [0.2, 0.25) is 10.0 Å². The van der Waals surface area contributed by atoms with Crippen molar-refractivity contribution in [1.29, 1.82) is 5.26 Å². The van der Waals surface area contributed by atoms with Crippen LogP contribution in [0.25, 0.3) is 16.8 Å². The zero-order chi connectivity index (χ0) is 25.7. The molecular weight excluding hydrogens is 499 g/mol. The normalized spacial score (nSPS) is 11.0. The summed E-state index contributed by atoms with van der Waals surface area (Å²) < 4.78 is 11.0. The lowest BCUT2D eigenvalue weighted by molar-refractivity contribution is -0.112. The molecule has 1 N–H and O–H groups in total. The van der Waals surface area contributed by atoms with Crippen molar-refractivity contribution in [2.75, 3.05) is 12.4 Å². The number of amides is 1. The molecule has 8 heteroatoms. The first-order valence-electron chi connectivity index (χ1n) is 10.7. The summed E-state index contributed by atoms with van der Waals surface area (Å²) in [6.07, 6.45) is 1.37. The Morgan fingerprint density at radius 2 is 1.61 bits per heavy atom. The SMILES string of the molecule is COc1cc(/C=C(\C#N)C(=O)Nc2c(Cl)cccc2Cl)ccc1OC(=O)c1cccc2ccccc12. The Kier molecular flexibility index (Phi) is 7.55. The van der Waals surface area contributed by atoms with E-state index < -0.39 is 11.9 Å². The van der Waals surface area contributed by atoms with Gasteiger partial charge in [0.25, 0.3) is 5.91 Å². The molecule has 4 aromatic carbocycles. The number of benzene rings is 4. The van der Waals surface area contributed by atoms with Crippen molar-refractivity contribution in [2.24, 2.45) is 0 Å². The van der Waals surface area contributed by atoms with Crippen LogP contribution < -0.4 is 14.8 Å². The summed E-state index contributed by atoms with van der Waals surface area (Å²) in [7, 11) is 1.43. The fraction of sp³-hybridized carbons (Fsp3) is 0.0357. The quantitative estimate of drug-likeness (QED) is 0.130. The first-order valence-corrected chi connectivity index (χ1v) is 11.4. The van der Waals surface area contributed by atoms with Gasteiger partial charge in [-0.05, 0) is 52.7 Å². The molecule has 36 heavy (non-hydrogen) atoms. The highest BCUT2D eigenvalue weighted by molar-refractivity contribution is 6.40. The van der Waals surface area contributed by atoms with E-state index in [2.05, 4.69) is 5.32 Å². The lowest BCUT2D eigenvalue weighted by Gasteiger charge is -2.12. The van der Waals surface area contributed by atoms with Gasteiger partial charge in [0.15, 0.2) is 11.5 Å². The van der Waals surface area contributed by atoms with E-state index in [0.29, 0.717) is 11.1 Å². The van der Waals surface area contributed by atoms with E-state index in [4.69, 9.17) is 32.7 Å². The smallest absolute Gasteiger partial charge is 0.344 e. The molecule has 1 amide bonds. The molecule has 4 aromatic rings. The van der Waals surface area contributed by atoms with Gasteiger partial charge in [-0.1, -0.05) is 71.7 Å². The van der Waals surface area contributed by atoms with Crippen molar-refractivity contribution in [3.63, 3.8) is 0 Å². The van der Waals surface area contributed by atoms with E-state index in [1.165, 1.54) is 19.3 Å². The molecule has 0 unspecified atom stereocenters. The molecule has 6 nitrogen and oxygen atoms in total. The molecule has 0 atom stereocenters. The van der Waals surface area contributed by atoms with Gasteiger partial charge in [0.05, 0.1) is 28.4 Å². The summed E-state index contributed by atoms with van der Waals surface area (Å²) in [6, 6.07) is 24.2. The molecule has 178 valence electrons. The number of esters is 1. The Balaban J connectivity index is 1.58. The number of nitrogens with zero attached hydrogens (tertiary/aromatic N) is 1. The van der Waals surface area contributed by atoms with Crippen molar-refractivity contribution < 1.29 is 19.1 Å². The van der Waals surface area contributed by atoms with Crippen LogP contribution in [0.4, 0.5) is 5.69 Å². The summed E-state index contributed by atoms with van der Waals surface area (Å²) in [5.41, 5.74) is 0.920. The van der Waals surface area contributed by atoms with Gasteiger partial charge < -0.3 is 14.8 Å². The number of hydrogen-bond donors (Lipinski definition) is 1. The minimum absolute atomic E-state index is 0.187. The van der Waals surface area contributed by atoms with E-state index in [-0.39, 0.29) is 32.8 Å². The molecule has 0 heterocycles. The summed E-state index contributed by atoms with van der Waals surface area (Å²) in [5.74, 6) is -0.775. The first-order chi connectivity index (χ1) is 17.4. The van der Waals surface area contributed by atoms with Crippen molar-refractivity contribution in [1.82, 2.24) is 0 Å². The van der Waals surface area contributed by atoms with E-state index in [1.807, 2.05) is 36.4 Å². The van der Waals surface area contributed by atoms with E-state index in [9.17, 15) is 14.9 Å². The van der Waals surface area contributed by atoms with Crippen LogP contribution in [0.1, 0.15) is 15.9 Å². The minimum atomic E-state index is -0.682. The van der Waals surface area contributed by atoms with Crippen molar-refractivity contribution in [3.05, 3.63) is 106 Å². The number of ether oxygens (including phenoxy) is 2. The minimum Gasteiger partial charge on any atom is -0.493 e. The highest BCUT2D eigenvalue weighted by Gasteiger charge is 2.17. The van der Waals surface area contributed by atoms with Gasteiger partial charge in [0, 0.05) is 0 Å². The maximum Gasteiger partial charge on any atom is 0.344 e. The zero-order valence-corrected chi connectivity index (χ0v) is 20.4. The number of fused-ring (bicyclic) bond motifs is 1. The van der Waals surface area contributed by atoms with Gasteiger partial charge >= 0.3 is 5.97 Å². The van der Waals surface area contributed by atoms with Crippen LogP contribution >= 0.6 is 23.2 Å². The third-order valence-corrected chi connectivity index (χ3v) is 5.91. The van der Waals surface area contributed by atoms with Crippen LogP contribution in [0, 0.1) is 11.3 Å². The number of carbonyl (C=O) groups excluding carboxylic acids is 2. The average molecular weight is 517 g/mol.